The van der Waals surface area contributed by atoms with Crippen LogP contribution in [0.15, 0.2) is 3.92 Å². The number of nitrogens with zero attached hydrogens (tertiary/aromatic N) is 3. The molecule has 0 saturated carbocycles. The molecule has 0 aromatic carbocycles. The van der Waals surface area contributed by atoms with E-state index in [9.17, 15) is 0 Å². The molecule has 0 radical (unpaired) electrons. The van der Waals surface area contributed by atoms with Crippen molar-refractivity contribution < 1.29 is 0 Å². The van der Waals surface area contributed by atoms with Crippen LogP contribution in [0, 0.1) is 0 Å². The molecule has 0 unspecified atom stereocenters. The van der Waals surface area contributed by atoms with Crippen molar-refractivity contribution in [2.75, 3.05) is 18.5 Å². The monoisotopic (exact) mass is 263 g/mol. The Morgan fingerprint density at radius 3 is 2.69 bits per heavy atom. The summed E-state index contributed by atoms with van der Waals surface area (Å²) < 4.78 is 0.852. The predicted octanol–water partition coefficient (Wildman–Crippen LogP) is 2.93. The van der Waals surface area contributed by atoms with E-state index in [4.69, 9.17) is 0 Å². The summed E-state index contributed by atoms with van der Waals surface area (Å²) in [5.74, 6) is 0. The highest BCUT2D eigenvalue weighted by Crippen LogP contribution is 2.23. The molecule has 0 fully saturated rings. The first kappa shape index (κ1) is 10.9. The van der Waals surface area contributed by atoms with Gasteiger partial charge in [-0.3, -0.25) is 0 Å². The zero-order valence-corrected chi connectivity index (χ0v) is 10.4. The molecular weight excluding hydrogens is 250 g/mol. The van der Waals surface area contributed by atoms with Crippen molar-refractivity contribution in [3.63, 3.8) is 0 Å². The molecular formula is C8H14BrN3S. The molecule has 0 amide bonds. The molecule has 13 heavy (non-hydrogen) atoms. The highest BCUT2D eigenvalue weighted by atomic mass is 79.9. The second kappa shape index (κ2) is 5.54. The standard InChI is InChI=1S/C8H14BrN3S/c1-3-4-5-6-12(2)8-11-10-7(9)13-8/h3-6H2,1-2H3. The molecule has 0 aliphatic carbocycles. The van der Waals surface area contributed by atoms with Gasteiger partial charge in [0, 0.05) is 13.6 Å². The number of hydrogen-bond acceptors (Lipinski definition) is 4. The molecule has 0 aliphatic rings. The zero-order chi connectivity index (χ0) is 9.68. The topological polar surface area (TPSA) is 29.0 Å². The molecule has 0 aliphatic heterocycles. The molecule has 74 valence electrons. The summed E-state index contributed by atoms with van der Waals surface area (Å²) in [6.45, 7) is 3.27. The van der Waals surface area contributed by atoms with Crippen molar-refractivity contribution in [2.24, 2.45) is 0 Å². The first-order valence-electron chi connectivity index (χ1n) is 4.44. The summed E-state index contributed by atoms with van der Waals surface area (Å²) in [5, 5.41) is 8.94. The van der Waals surface area contributed by atoms with Gasteiger partial charge in [-0.1, -0.05) is 31.1 Å². The minimum absolute atomic E-state index is 0.852. The molecule has 1 heterocycles. The van der Waals surface area contributed by atoms with Gasteiger partial charge in [0.2, 0.25) is 5.13 Å². The second-order valence-electron chi connectivity index (χ2n) is 2.97. The van der Waals surface area contributed by atoms with Crippen LogP contribution in [0.25, 0.3) is 0 Å². The lowest BCUT2D eigenvalue weighted by Crippen LogP contribution is -2.18. The van der Waals surface area contributed by atoms with Gasteiger partial charge in [-0.05, 0) is 22.4 Å². The Morgan fingerprint density at radius 2 is 2.15 bits per heavy atom. The van der Waals surface area contributed by atoms with Gasteiger partial charge in [0.05, 0.1) is 0 Å². The maximum absolute atomic E-state index is 4.04. The largest absolute Gasteiger partial charge is 0.350 e. The van der Waals surface area contributed by atoms with Crippen molar-refractivity contribution >= 4 is 32.4 Å². The highest BCUT2D eigenvalue weighted by molar-refractivity contribution is 9.11. The van der Waals surface area contributed by atoms with Crippen LogP contribution in [0.3, 0.4) is 0 Å². The summed E-state index contributed by atoms with van der Waals surface area (Å²) in [5.41, 5.74) is 0. The van der Waals surface area contributed by atoms with Crippen molar-refractivity contribution in [3.05, 3.63) is 3.92 Å². The summed E-state index contributed by atoms with van der Waals surface area (Å²) >= 11 is 4.87. The zero-order valence-electron chi connectivity index (χ0n) is 7.96. The normalized spacial score (nSPS) is 10.4. The van der Waals surface area contributed by atoms with Gasteiger partial charge in [-0.2, -0.15) is 0 Å². The lowest BCUT2D eigenvalue weighted by atomic mass is 10.2. The Hall–Kier alpha value is -0.160. The highest BCUT2D eigenvalue weighted by Gasteiger charge is 2.05. The minimum atomic E-state index is 0.852. The van der Waals surface area contributed by atoms with E-state index in [0.29, 0.717) is 0 Å². The molecule has 5 heteroatoms. The SMILES string of the molecule is CCCCCN(C)c1nnc(Br)s1. The van der Waals surface area contributed by atoms with Crippen LogP contribution >= 0.6 is 27.3 Å². The number of rotatable bonds is 5. The number of hydrogen-bond donors (Lipinski definition) is 0. The average Bonchev–Trinajstić information content (AvgIpc) is 2.52. The van der Waals surface area contributed by atoms with Gasteiger partial charge in [-0.25, -0.2) is 0 Å². The van der Waals surface area contributed by atoms with Gasteiger partial charge < -0.3 is 4.90 Å². The van der Waals surface area contributed by atoms with Crippen molar-refractivity contribution in [2.45, 2.75) is 26.2 Å². The first-order valence-corrected chi connectivity index (χ1v) is 6.05. The Kier molecular flexibility index (Phi) is 4.66. The quantitative estimate of drug-likeness (QED) is 0.766. The molecule has 1 aromatic rings. The predicted molar refractivity (Wildman–Crippen MR) is 60.4 cm³/mol. The summed E-state index contributed by atoms with van der Waals surface area (Å²) in [6, 6.07) is 0. The lowest BCUT2D eigenvalue weighted by Gasteiger charge is -2.13. The third-order valence-corrected chi connectivity index (χ3v) is 3.28. The van der Waals surface area contributed by atoms with Crippen molar-refractivity contribution in [1.82, 2.24) is 10.2 Å². The fourth-order valence-corrected chi connectivity index (χ4v) is 2.12. The number of anilines is 1. The third kappa shape index (κ3) is 3.60. The molecule has 0 spiro atoms. The number of halogens is 1. The fraction of sp³-hybridized carbons (Fsp3) is 0.750. The average molecular weight is 264 g/mol. The van der Waals surface area contributed by atoms with Gasteiger partial charge in [0.25, 0.3) is 0 Å². The van der Waals surface area contributed by atoms with E-state index >= 15 is 0 Å². The second-order valence-corrected chi connectivity index (χ2v) is 5.20. The summed E-state index contributed by atoms with van der Waals surface area (Å²) in [4.78, 5) is 2.15. The van der Waals surface area contributed by atoms with E-state index < -0.39 is 0 Å². The Labute approximate surface area is 91.3 Å². The Balaban J connectivity index is 2.35. The van der Waals surface area contributed by atoms with E-state index in [1.165, 1.54) is 19.3 Å². The van der Waals surface area contributed by atoms with Crippen LogP contribution in [-0.4, -0.2) is 23.8 Å². The van der Waals surface area contributed by atoms with Gasteiger partial charge in [0.1, 0.15) is 0 Å². The van der Waals surface area contributed by atoms with Crippen molar-refractivity contribution in [1.29, 1.82) is 0 Å². The van der Waals surface area contributed by atoms with E-state index in [2.05, 4.69) is 45.0 Å². The van der Waals surface area contributed by atoms with E-state index in [1.807, 2.05) is 0 Å². The van der Waals surface area contributed by atoms with E-state index in [0.717, 1.165) is 15.6 Å². The smallest absolute Gasteiger partial charge is 0.208 e. The molecule has 0 N–H and O–H groups in total. The van der Waals surface area contributed by atoms with Crippen LogP contribution < -0.4 is 4.90 Å². The molecule has 0 saturated heterocycles. The van der Waals surface area contributed by atoms with Crippen LogP contribution in [0.5, 0.6) is 0 Å². The molecule has 3 nitrogen and oxygen atoms in total. The maximum atomic E-state index is 4.04. The maximum Gasteiger partial charge on any atom is 0.208 e. The van der Waals surface area contributed by atoms with Gasteiger partial charge in [-0.15, -0.1) is 10.2 Å². The summed E-state index contributed by atoms with van der Waals surface area (Å²) in [7, 11) is 2.06. The summed E-state index contributed by atoms with van der Waals surface area (Å²) in [6.07, 6.45) is 3.77. The van der Waals surface area contributed by atoms with Crippen molar-refractivity contribution in [3.8, 4) is 0 Å². The minimum Gasteiger partial charge on any atom is -0.350 e. The third-order valence-electron chi connectivity index (χ3n) is 1.81. The molecule has 0 bridgehead atoms. The first-order chi connectivity index (χ1) is 6.24. The van der Waals surface area contributed by atoms with E-state index in [-0.39, 0.29) is 0 Å². The molecule has 0 atom stereocenters. The number of aromatic nitrogens is 2. The molecule has 1 rings (SSSR count). The Morgan fingerprint density at radius 1 is 1.38 bits per heavy atom. The van der Waals surface area contributed by atoms with Crippen LogP contribution in [0.1, 0.15) is 26.2 Å². The fourth-order valence-electron chi connectivity index (χ4n) is 1.05. The van der Waals surface area contributed by atoms with Gasteiger partial charge >= 0.3 is 0 Å². The van der Waals surface area contributed by atoms with Crippen LogP contribution in [0.2, 0.25) is 0 Å². The Bertz CT molecular complexity index is 251. The van der Waals surface area contributed by atoms with Crippen LogP contribution in [-0.2, 0) is 0 Å². The van der Waals surface area contributed by atoms with E-state index in [1.54, 1.807) is 11.3 Å². The molecule has 1 aromatic heterocycles. The van der Waals surface area contributed by atoms with Crippen LogP contribution in [0.4, 0.5) is 5.13 Å². The number of unbranched alkanes of at least 4 members (excludes halogenated alkanes) is 2. The lowest BCUT2D eigenvalue weighted by molar-refractivity contribution is 0.702. The van der Waals surface area contributed by atoms with Gasteiger partial charge in [0.15, 0.2) is 3.92 Å².